The lowest BCUT2D eigenvalue weighted by molar-refractivity contribution is -0.145. The Labute approximate surface area is 159 Å². The third-order valence-corrected chi connectivity index (χ3v) is 4.16. The lowest BCUT2D eigenvalue weighted by Gasteiger charge is -2.15. The monoisotopic (exact) mass is 362 g/mol. The molecular formula is C23H22O4. The van der Waals surface area contributed by atoms with Gasteiger partial charge in [-0.25, -0.2) is 4.79 Å². The predicted molar refractivity (Wildman–Crippen MR) is 104 cm³/mol. The average molecular weight is 362 g/mol. The maximum absolute atomic E-state index is 11.5. The van der Waals surface area contributed by atoms with E-state index in [4.69, 9.17) is 9.47 Å². The Hall–Kier alpha value is -3.27. The van der Waals surface area contributed by atoms with E-state index in [0.29, 0.717) is 30.9 Å². The number of aliphatic carboxylic acids is 1. The van der Waals surface area contributed by atoms with Gasteiger partial charge in [-0.1, -0.05) is 60.7 Å². The second-order valence-electron chi connectivity index (χ2n) is 6.21. The molecule has 4 heteroatoms. The van der Waals surface area contributed by atoms with E-state index in [1.807, 2.05) is 60.7 Å². The quantitative estimate of drug-likeness (QED) is 0.598. The van der Waals surface area contributed by atoms with E-state index in [1.54, 1.807) is 24.3 Å². The van der Waals surface area contributed by atoms with Crippen LogP contribution in [-0.2, 0) is 17.8 Å². The van der Waals surface area contributed by atoms with Crippen LogP contribution in [-0.4, -0.2) is 17.2 Å². The van der Waals surface area contributed by atoms with Gasteiger partial charge >= 0.3 is 5.97 Å². The Balaban J connectivity index is 1.54. The van der Waals surface area contributed by atoms with Crippen LogP contribution >= 0.6 is 0 Å². The molecule has 0 radical (unpaired) electrons. The highest BCUT2D eigenvalue weighted by atomic mass is 16.5. The van der Waals surface area contributed by atoms with Gasteiger partial charge in [0.25, 0.3) is 0 Å². The molecule has 3 aromatic carbocycles. The van der Waals surface area contributed by atoms with Gasteiger partial charge in [0, 0.05) is 0 Å². The van der Waals surface area contributed by atoms with Crippen molar-refractivity contribution in [2.45, 2.75) is 25.6 Å². The van der Waals surface area contributed by atoms with Crippen molar-refractivity contribution < 1.29 is 19.4 Å². The zero-order valence-electron chi connectivity index (χ0n) is 15.0. The molecule has 138 valence electrons. The summed E-state index contributed by atoms with van der Waals surface area (Å²) in [5.74, 6) is 0.264. The maximum atomic E-state index is 11.5. The van der Waals surface area contributed by atoms with Gasteiger partial charge in [0.15, 0.2) is 6.10 Å². The predicted octanol–water partition coefficient (Wildman–Crippen LogP) is 4.73. The van der Waals surface area contributed by atoms with Crippen LogP contribution in [0.2, 0.25) is 0 Å². The van der Waals surface area contributed by atoms with Crippen LogP contribution in [0.3, 0.4) is 0 Å². The van der Waals surface area contributed by atoms with Gasteiger partial charge in [-0.3, -0.25) is 0 Å². The van der Waals surface area contributed by atoms with Crippen molar-refractivity contribution in [2.24, 2.45) is 0 Å². The van der Waals surface area contributed by atoms with Crippen LogP contribution < -0.4 is 9.47 Å². The largest absolute Gasteiger partial charge is 0.489 e. The molecule has 0 heterocycles. The summed E-state index contributed by atoms with van der Waals surface area (Å²) in [5, 5.41) is 9.43. The Morgan fingerprint density at radius 3 is 1.93 bits per heavy atom. The fourth-order valence-electron chi connectivity index (χ4n) is 2.69. The molecule has 0 aliphatic carbocycles. The van der Waals surface area contributed by atoms with Gasteiger partial charge < -0.3 is 14.6 Å². The molecule has 27 heavy (non-hydrogen) atoms. The molecule has 0 amide bonds. The van der Waals surface area contributed by atoms with Crippen LogP contribution in [0, 0.1) is 0 Å². The summed E-state index contributed by atoms with van der Waals surface area (Å²) in [4.78, 5) is 11.5. The first kappa shape index (κ1) is 18.5. The van der Waals surface area contributed by atoms with Crippen molar-refractivity contribution in [1.82, 2.24) is 0 Å². The molecule has 1 unspecified atom stereocenters. The highest BCUT2D eigenvalue weighted by Gasteiger charge is 2.19. The summed E-state index contributed by atoms with van der Waals surface area (Å²) in [6, 6.07) is 26.7. The fraction of sp³-hybridized carbons (Fsp3) is 0.174. The molecule has 0 spiro atoms. The Kier molecular flexibility index (Phi) is 6.47. The summed E-state index contributed by atoms with van der Waals surface area (Å²) in [7, 11) is 0. The minimum atomic E-state index is -0.963. The van der Waals surface area contributed by atoms with Crippen LogP contribution in [0.5, 0.6) is 11.5 Å². The van der Waals surface area contributed by atoms with E-state index in [0.717, 1.165) is 11.1 Å². The van der Waals surface area contributed by atoms with Crippen molar-refractivity contribution in [1.29, 1.82) is 0 Å². The average Bonchev–Trinajstić information content (AvgIpc) is 2.72. The molecule has 4 nitrogen and oxygen atoms in total. The fourth-order valence-corrected chi connectivity index (χ4v) is 2.69. The Morgan fingerprint density at radius 1 is 0.778 bits per heavy atom. The van der Waals surface area contributed by atoms with Gasteiger partial charge in [0.05, 0.1) is 0 Å². The van der Waals surface area contributed by atoms with Gasteiger partial charge in [0.1, 0.15) is 18.1 Å². The Bertz CT molecular complexity index is 829. The lowest BCUT2D eigenvalue weighted by atomic mass is 10.1. The number of hydrogen-bond acceptors (Lipinski definition) is 3. The normalized spacial score (nSPS) is 11.6. The summed E-state index contributed by atoms with van der Waals surface area (Å²) < 4.78 is 11.4. The van der Waals surface area contributed by atoms with Crippen molar-refractivity contribution in [3.05, 3.63) is 96.1 Å². The molecule has 0 bridgehead atoms. The second-order valence-corrected chi connectivity index (χ2v) is 6.21. The number of rotatable bonds is 9. The molecule has 3 rings (SSSR count). The standard InChI is InChI=1S/C23H22O4/c24-23(25)22(16-11-18-7-3-1-4-8-18)27-21-14-12-20(13-15-21)26-17-19-9-5-2-6-10-19/h1-10,12-15,22H,11,16-17H2,(H,24,25). The van der Waals surface area contributed by atoms with E-state index >= 15 is 0 Å². The van der Waals surface area contributed by atoms with Gasteiger partial charge in [-0.05, 0) is 48.2 Å². The molecule has 0 saturated heterocycles. The first-order chi connectivity index (χ1) is 13.2. The maximum Gasteiger partial charge on any atom is 0.344 e. The van der Waals surface area contributed by atoms with Gasteiger partial charge in [-0.15, -0.1) is 0 Å². The first-order valence-corrected chi connectivity index (χ1v) is 8.91. The smallest absolute Gasteiger partial charge is 0.344 e. The zero-order valence-corrected chi connectivity index (χ0v) is 15.0. The molecule has 0 aliphatic rings. The van der Waals surface area contributed by atoms with Crippen molar-refractivity contribution in [3.63, 3.8) is 0 Å². The minimum absolute atomic E-state index is 0.408. The number of carboxylic acids is 1. The summed E-state index contributed by atoms with van der Waals surface area (Å²) in [5.41, 5.74) is 2.18. The molecule has 0 aromatic heterocycles. The molecule has 1 atom stereocenters. The number of ether oxygens (including phenoxy) is 2. The number of carboxylic acid groups (broad SMARTS) is 1. The van der Waals surface area contributed by atoms with E-state index < -0.39 is 12.1 Å². The number of benzene rings is 3. The molecule has 0 saturated carbocycles. The SMILES string of the molecule is O=C(O)C(CCc1ccccc1)Oc1ccc(OCc2ccccc2)cc1. The summed E-state index contributed by atoms with van der Waals surface area (Å²) >= 11 is 0. The number of aryl methyl sites for hydroxylation is 1. The van der Waals surface area contributed by atoms with Crippen molar-refractivity contribution in [3.8, 4) is 11.5 Å². The van der Waals surface area contributed by atoms with E-state index in [2.05, 4.69) is 0 Å². The number of hydrogen-bond donors (Lipinski definition) is 1. The molecular weight excluding hydrogens is 340 g/mol. The topological polar surface area (TPSA) is 55.8 Å². The lowest BCUT2D eigenvalue weighted by Crippen LogP contribution is -2.27. The highest BCUT2D eigenvalue weighted by molar-refractivity contribution is 5.72. The third-order valence-electron chi connectivity index (χ3n) is 4.16. The van der Waals surface area contributed by atoms with Crippen LogP contribution in [0.15, 0.2) is 84.9 Å². The minimum Gasteiger partial charge on any atom is -0.489 e. The van der Waals surface area contributed by atoms with Crippen molar-refractivity contribution >= 4 is 5.97 Å². The highest BCUT2D eigenvalue weighted by Crippen LogP contribution is 2.21. The first-order valence-electron chi connectivity index (χ1n) is 8.91. The molecule has 0 fully saturated rings. The summed E-state index contributed by atoms with van der Waals surface area (Å²) in [6.45, 7) is 0.482. The zero-order chi connectivity index (χ0) is 18.9. The Morgan fingerprint density at radius 2 is 1.33 bits per heavy atom. The van der Waals surface area contributed by atoms with Crippen LogP contribution in [0.1, 0.15) is 17.5 Å². The third kappa shape index (κ3) is 5.89. The van der Waals surface area contributed by atoms with Gasteiger partial charge in [-0.2, -0.15) is 0 Å². The summed E-state index contributed by atoms with van der Waals surface area (Å²) in [6.07, 6.45) is 0.170. The van der Waals surface area contributed by atoms with E-state index in [-0.39, 0.29) is 0 Å². The van der Waals surface area contributed by atoms with E-state index in [1.165, 1.54) is 0 Å². The van der Waals surface area contributed by atoms with Crippen molar-refractivity contribution in [2.75, 3.05) is 0 Å². The molecule has 0 aliphatic heterocycles. The molecule has 1 N–H and O–H groups in total. The number of carbonyl (C=O) groups is 1. The second kappa shape index (κ2) is 9.43. The van der Waals surface area contributed by atoms with Crippen LogP contribution in [0.4, 0.5) is 0 Å². The van der Waals surface area contributed by atoms with Gasteiger partial charge in [0.2, 0.25) is 0 Å². The van der Waals surface area contributed by atoms with E-state index in [9.17, 15) is 9.90 Å². The molecule has 3 aromatic rings. The van der Waals surface area contributed by atoms with Crippen LogP contribution in [0.25, 0.3) is 0 Å².